The number of carbonyl (C=O) groups is 1. The van der Waals surface area contributed by atoms with E-state index in [4.69, 9.17) is 37.5 Å². The molecule has 0 spiro atoms. The van der Waals surface area contributed by atoms with Crippen molar-refractivity contribution in [2.45, 2.75) is 20.0 Å². The fourth-order valence-electron chi connectivity index (χ4n) is 2.04. The number of oxime groups is 1. The Bertz CT molecular complexity index is 913. The number of rotatable bonds is 7. The third-order valence-corrected chi connectivity index (χ3v) is 3.92. The van der Waals surface area contributed by atoms with Crippen LogP contribution < -0.4 is 4.74 Å². The fourth-order valence-corrected chi connectivity index (χ4v) is 2.45. The van der Waals surface area contributed by atoms with Crippen molar-refractivity contribution in [2.24, 2.45) is 5.16 Å². The molecule has 0 N–H and O–H groups in total. The van der Waals surface area contributed by atoms with Crippen LogP contribution in [0.2, 0.25) is 10.0 Å². The summed E-state index contributed by atoms with van der Waals surface area (Å²) >= 11 is 11.9. The Balaban J connectivity index is 2.08. The summed E-state index contributed by atoms with van der Waals surface area (Å²) in [6, 6.07) is 6.82. The summed E-state index contributed by atoms with van der Waals surface area (Å²) < 4.78 is 48.7. The summed E-state index contributed by atoms with van der Waals surface area (Å²) in [6.45, 7) is 3.51. The Morgan fingerprint density at radius 2 is 1.76 bits per heavy atom. The molecule has 2 aromatic carbocycles. The number of benzene rings is 2. The van der Waals surface area contributed by atoms with Gasteiger partial charge in [-0.05, 0) is 50.2 Å². The molecule has 2 aromatic rings. The van der Waals surface area contributed by atoms with Gasteiger partial charge in [-0.15, -0.1) is 0 Å². The number of hydrogen-bond donors (Lipinski definition) is 0. The van der Waals surface area contributed by atoms with Crippen LogP contribution in [-0.2, 0) is 15.8 Å². The maximum atomic E-state index is 12.7. The second-order valence-electron chi connectivity index (χ2n) is 5.89. The maximum absolute atomic E-state index is 12.7. The Hall–Kier alpha value is -2.45. The first-order valence-electron chi connectivity index (χ1n) is 8.22. The van der Waals surface area contributed by atoms with E-state index in [9.17, 15) is 18.0 Å². The number of ether oxygens (including phenoxy) is 2. The van der Waals surface area contributed by atoms with Gasteiger partial charge < -0.3 is 14.3 Å². The zero-order valence-electron chi connectivity index (χ0n) is 15.3. The normalized spacial score (nSPS) is 11.0. The van der Waals surface area contributed by atoms with Gasteiger partial charge in [0.1, 0.15) is 18.1 Å². The smallest absolute Gasteiger partial charge is 0.416 e. The first-order chi connectivity index (χ1) is 13.6. The molecular weight excluding hydrogens is 434 g/mol. The van der Waals surface area contributed by atoms with Crippen molar-refractivity contribution >= 4 is 34.9 Å². The van der Waals surface area contributed by atoms with Gasteiger partial charge in [0.25, 0.3) is 0 Å². The third-order valence-electron chi connectivity index (χ3n) is 3.30. The van der Waals surface area contributed by atoms with Gasteiger partial charge in [-0.3, -0.25) is 0 Å². The SMILES string of the molecule is CC(C)=NOCCOC(=O)c1cc(Oc2ccc(C(F)(F)F)cc2Cl)ccc1Cl. The van der Waals surface area contributed by atoms with Crippen LogP contribution in [0.4, 0.5) is 13.2 Å². The molecule has 0 aliphatic carbocycles. The van der Waals surface area contributed by atoms with Crippen molar-refractivity contribution in [3.63, 3.8) is 0 Å². The molecule has 29 heavy (non-hydrogen) atoms. The van der Waals surface area contributed by atoms with E-state index in [1.807, 2.05) is 0 Å². The molecule has 0 aromatic heterocycles. The van der Waals surface area contributed by atoms with Crippen molar-refractivity contribution in [1.29, 1.82) is 0 Å². The molecule has 0 aliphatic rings. The minimum absolute atomic E-state index is 0.0116. The second-order valence-corrected chi connectivity index (χ2v) is 6.71. The van der Waals surface area contributed by atoms with Crippen LogP contribution in [-0.4, -0.2) is 24.9 Å². The topological polar surface area (TPSA) is 57.1 Å². The van der Waals surface area contributed by atoms with Crippen LogP contribution >= 0.6 is 23.2 Å². The molecule has 0 unspecified atom stereocenters. The predicted octanol–water partition coefficient (Wildman–Crippen LogP) is 6.37. The van der Waals surface area contributed by atoms with Crippen LogP contribution in [0.3, 0.4) is 0 Å². The molecule has 2 rings (SSSR count). The minimum Gasteiger partial charge on any atom is -0.458 e. The number of carbonyl (C=O) groups excluding carboxylic acids is 1. The van der Waals surface area contributed by atoms with Crippen molar-refractivity contribution < 1.29 is 32.3 Å². The summed E-state index contributed by atoms with van der Waals surface area (Å²) in [7, 11) is 0. The van der Waals surface area contributed by atoms with Crippen LogP contribution in [0.15, 0.2) is 41.6 Å². The molecule has 0 fully saturated rings. The van der Waals surface area contributed by atoms with E-state index in [1.54, 1.807) is 13.8 Å². The summed E-state index contributed by atoms with van der Waals surface area (Å²) in [4.78, 5) is 17.1. The highest BCUT2D eigenvalue weighted by Gasteiger charge is 2.31. The highest BCUT2D eigenvalue weighted by atomic mass is 35.5. The largest absolute Gasteiger partial charge is 0.458 e. The molecule has 10 heteroatoms. The van der Waals surface area contributed by atoms with E-state index >= 15 is 0 Å². The van der Waals surface area contributed by atoms with Crippen molar-refractivity contribution in [3.05, 3.63) is 57.6 Å². The van der Waals surface area contributed by atoms with E-state index in [-0.39, 0.29) is 40.3 Å². The van der Waals surface area contributed by atoms with Crippen LogP contribution in [0, 0.1) is 0 Å². The first-order valence-corrected chi connectivity index (χ1v) is 8.98. The Kier molecular flexibility index (Phi) is 7.75. The Labute approximate surface area is 174 Å². The lowest BCUT2D eigenvalue weighted by Crippen LogP contribution is -2.10. The predicted molar refractivity (Wildman–Crippen MR) is 103 cm³/mol. The molecule has 0 saturated heterocycles. The van der Waals surface area contributed by atoms with Crippen molar-refractivity contribution in [3.8, 4) is 11.5 Å². The molecule has 0 amide bonds. The lowest BCUT2D eigenvalue weighted by molar-refractivity contribution is -0.137. The second kappa shape index (κ2) is 9.84. The molecular formula is C19H16Cl2F3NO4. The molecule has 0 aliphatic heterocycles. The zero-order valence-corrected chi connectivity index (χ0v) is 16.9. The quantitative estimate of drug-likeness (QED) is 0.213. The molecule has 5 nitrogen and oxygen atoms in total. The summed E-state index contributed by atoms with van der Waals surface area (Å²) in [5.74, 6) is -0.590. The summed E-state index contributed by atoms with van der Waals surface area (Å²) in [6.07, 6.45) is -4.52. The Morgan fingerprint density at radius 1 is 1.03 bits per heavy atom. The van der Waals surface area contributed by atoms with Crippen molar-refractivity contribution in [2.75, 3.05) is 13.2 Å². The highest BCUT2D eigenvalue weighted by molar-refractivity contribution is 6.33. The van der Waals surface area contributed by atoms with Crippen LogP contribution in [0.5, 0.6) is 11.5 Å². The molecule has 0 saturated carbocycles. The summed E-state index contributed by atoms with van der Waals surface area (Å²) in [5.41, 5.74) is -0.173. The monoisotopic (exact) mass is 449 g/mol. The molecule has 0 bridgehead atoms. The molecule has 0 radical (unpaired) electrons. The van der Waals surface area contributed by atoms with E-state index in [0.29, 0.717) is 5.71 Å². The van der Waals surface area contributed by atoms with Gasteiger partial charge in [-0.1, -0.05) is 28.4 Å². The summed E-state index contributed by atoms with van der Waals surface area (Å²) in [5, 5.41) is 3.58. The highest BCUT2D eigenvalue weighted by Crippen LogP contribution is 2.37. The average Bonchev–Trinajstić information content (AvgIpc) is 2.63. The van der Waals surface area contributed by atoms with Crippen LogP contribution in [0.25, 0.3) is 0 Å². The minimum atomic E-state index is -4.52. The van der Waals surface area contributed by atoms with Gasteiger partial charge >= 0.3 is 12.1 Å². The number of halogens is 5. The van der Waals surface area contributed by atoms with Gasteiger partial charge in [-0.25, -0.2) is 4.79 Å². The van der Waals surface area contributed by atoms with E-state index in [1.165, 1.54) is 18.2 Å². The Morgan fingerprint density at radius 3 is 2.38 bits per heavy atom. The number of nitrogens with zero attached hydrogens (tertiary/aromatic N) is 1. The van der Waals surface area contributed by atoms with Gasteiger partial charge in [0, 0.05) is 0 Å². The number of hydrogen-bond acceptors (Lipinski definition) is 5. The first kappa shape index (κ1) is 22.8. The lowest BCUT2D eigenvalue weighted by atomic mass is 10.2. The zero-order chi connectivity index (χ0) is 21.6. The molecule has 0 atom stereocenters. The standard InChI is InChI=1S/C19H16Cl2F3NO4/c1-11(2)25-28-8-7-27-18(26)14-10-13(4-5-15(14)20)29-17-6-3-12(9-16(17)21)19(22,23)24/h3-6,9-10H,7-8H2,1-2H3. The number of esters is 1. The van der Waals surface area contributed by atoms with Gasteiger partial charge in [0.15, 0.2) is 6.61 Å². The molecule has 0 heterocycles. The van der Waals surface area contributed by atoms with Crippen LogP contribution in [0.1, 0.15) is 29.8 Å². The number of alkyl halides is 3. The van der Waals surface area contributed by atoms with Gasteiger partial charge in [0.05, 0.1) is 26.9 Å². The van der Waals surface area contributed by atoms with Gasteiger partial charge in [-0.2, -0.15) is 13.2 Å². The lowest BCUT2D eigenvalue weighted by Gasteiger charge is -2.12. The molecule has 156 valence electrons. The van der Waals surface area contributed by atoms with Crippen molar-refractivity contribution in [1.82, 2.24) is 0 Å². The van der Waals surface area contributed by atoms with E-state index < -0.39 is 17.7 Å². The van der Waals surface area contributed by atoms with Gasteiger partial charge in [0.2, 0.25) is 0 Å². The maximum Gasteiger partial charge on any atom is 0.416 e. The fraction of sp³-hybridized carbons (Fsp3) is 0.263. The van der Waals surface area contributed by atoms with E-state index in [0.717, 1.165) is 18.2 Å². The third kappa shape index (κ3) is 6.83. The van der Waals surface area contributed by atoms with E-state index in [2.05, 4.69) is 5.16 Å². The average molecular weight is 450 g/mol.